The molecule has 3 N–H and O–H groups in total. The summed E-state index contributed by atoms with van der Waals surface area (Å²) in [6, 6.07) is 11.5. The van der Waals surface area contributed by atoms with Gasteiger partial charge in [0, 0.05) is 5.56 Å². The van der Waals surface area contributed by atoms with Gasteiger partial charge in [0.05, 0.1) is 11.4 Å². The third-order valence-corrected chi connectivity index (χ3v) is 3.85. The molecule has 0 spiro atoms. The first kappa shape index (κ1) is 15.1. The van der Waals surface area contributed by atoms with E-state index >= 15 is 0 Å². The van der Waals surface area contributed by atoms with Gasteiger partial charge < -0.3 is 11.1 Å². The van der Waals surface area contributed by atoms with Gasteiger partial charge in [-0.15, -0.1) is 0 Å². The molecule has 0 aromatic heterocycles. The van der Waals surface area contributed by atoms with Crippen molar-refractivity contribution < 1.29 is 4.79 Å². The summed E-state index contributed by atoms with van der Waals surface area (Å²) in [5, 5.41) is 2.92. The number of nitrogens with one attached hydrogen (secondary N) is 1. The lowest BCUT2D eigenvalue weighted by atomic mass is 10.0. The zero-order valence-corrected chi connectivity index (χ0v) is 13.0. The number of amides is 1. The zero-order chi connectivity index (χ0) is 15.6. The van der Waals surface area contributed by atoms with Gasteiger partial charge in [0.25, 0.3) is 5.91 Å². The first-order valence-electron chi connectivity index (χ1n) is 7.17. The standard InChI is InChI=1S/C18H22N2O/c1-11(2)14-6-8-15(9-7-14)18(21)20-17-13(4)12(3)5-10-16(17)19/h5-11H,19H2,1-4H3,(H,20,21). The molecule has 21 heavy (non-hydrogen) atoms. The van der Waals surface area contributed by atoms with E-state index in [-0.39, 0.29) is 5.91 Å². The number of carbonyl (C=O) groups excluding carboxylic acids is 1. The van der Waals surface area contributed by atoms with Crippen LogP contribution in [0.15, 0.2) is 36.4 Å². The summed E-state index contributed by atoms with van der Waals surface area (Å²) in [4.78, 5) is 12.3. The van der Waals surface area contributed by atoms with Crippen molar-refractivity contribution in [2.45, 2.75) is 33.6 Å². The molecule has 0 atom stereocenters. The van der Waals surface area contributed by atoms with Crippen LogP contribution < -0.4 is 11.1 Å². The Hall–Kier alpha value is -2.29. The van der Waals surface area contributed by atoms with Crippen LogP contribution in [0.5, 0.6) is 0 Å². The fourth-order valence-corrected chi connectivity index (χ4v) is 2.21. The highest BCUT2D eigenvalue weighted by molar-refractivity contribution is 6.06. The minimum Gasteiger partial charge on any atom is -0.397 e. The third-order valence-electron chi connectivity index (χ3n) is 3.85. The number of aryl methyl sites for hydroxylation is 1. The van der Waals surface area contributed by atoms with Gasteiger partial charge in [0.15, 0.2) is 0 Å². The van der Waals surface area contributed by atoms with Crippen LogP contribution in [-0.4, -0.2) is 5.91 Å². The largest absolute Gasteiger partial charge is 0.397 e. The maximum atomic E-state index is 12.3. The molecule has 3 heteroatoms. The maximum Gasteiger partial charge on any atom is 0.255 e. The molecule has 2 aromatic rings. The fourth-order valence-electron chi connectivity index (χ4n) is 2.21. The van der Waals surface area contributed by atoms with Gasteiger partial charge in [-0.2, -0.15) is 0 Å². The van der Waals surface area contributed by atoms with Crippen LogP contribution >= 0.6 is 0 Å². The summed E-state index contributed by atoms with van der Waals surface area (Å²) in [5.41, 5.74) is 11.2. The van der Waals surface area contributed by atoms with Crippen LogP contribution in [0.3, 0.4) is 0 Å². The number of rotatable bonds is 3. The molecule has 110 valence electrons. The van der Waals surface area contributed by atoms with E-state index in [0.29, 0.717) is 22.9 Å². The average molecular weight is 282 g/mol. The van der Waals surface area contributed by atoms with Crippen molar-refractivity contribution in [1.82, 2.24) is 0 Å². The molecule has 0 bridgehead atoms. The van der Waals surface area contributed by atoms with Crippen molar-refractivity contribution in [1.29, 1.82) is 0 Å². The van der Waals surface area contributed by atoms with Gasteiger partial charge in [0.2, 0.25) is 0 Å². The van der Waals surface area contributed by atoms with Crippen molar-refractivity contribution in [2.24, 2.45) is 0 Å². The van der Waals surface area contributed by atoms with Crippen molar-refractivity contribution in [3.63, 3.8) is 0 Å². The number of nitrogen functional groups attached to an aromatic ring is 1. The Kier molecular flexibility index (Phi) is 4.32. The summed E-state index contributed by atoms with van der Waals surface area (Å²) >= 11 is 0. The maximum absolute atomic E-state index is 12.3. The molecular formula is C18H22N2O. The van der Waals surface area contributed by atoms with E-state index < -0.39 is 0 Å². The van der Waals surface area contributed by atoms with Crippen molar-refractivity contribution in [3.05, 3.63) is 58.7 Å². The van der Waals surface area contributed by atoms with Crippen LogP contribution in [0.25, 0.3) is 0 Å². The van der Waals surface area contributed by atoms with Gasteiger partial charge in [-0.25, -0.2) is 0 Å². The van der Waals surface area contributed by atoms with E-state index in [4.69, 9.17) is 5.73 Å². The Labute approximate surface area is 126 Å². The highest BCUT2D eigenvalue weighted by Gasteiger charge is 2.11. The molecule has 0 aliphatic carbocycles. The van der Waals surface area contributed by atoms with Crippen LogP contribution in [0.2, 0.25) is 0 Å². The van der Waals surface area contributed by atoms with Crippen molar-refractivity contribution in [3.8, 4) is 0 Å². The number of anilines is 2. The van der Waals surface area contributed by atoms with E-state index in [1.165, 1.54) is 5.56 Å². The summed E-state index contributed by atoms with van der Waals surface area (Å²) < 4.78 is 0. The molecule has 0 aliphatic rings. The summed E-state index contributed by atoms with van der Waals surface area (Å²) in [6.07, 6.45) is 0. The number of carbonyl (C=O) groups is 1. The zero-order valence-electron chi connectivity index (χ0n) is 13.0. The van der Waals surface area contributed by atoms with Gasteiger partial charge in [-0.3, -0.25) is 4.79 Å². The molecule has 2 aromatic carbocycles. The monoisotopic (exact) mass is 282 g/mol. The fraction of sp³-hybridized carbons (Fsp3) is 0.278. The molecule has 0 aliphatic heterocycles. The van der Waals surface area contributed by atoms with E-state index in [2.05, 4.69) is 19.2 Å². The molecule has 0 unspecified atom stereocenters. The molecule has 0 fully saturated rings. The van der Waals surface area contributed by atoms with Crippen LogP contribution in [-0.2, 0) is 0 Å². The Balaban J connectivity index is 2.24. The number of benzene rings is 2. The normalized spacial score (nSPS) is 10.7. The summed E-state index contributed by atoms with van der Waals surface area (Å²) in [5.74, 6) is 0.322. The molecule has 0 heterocycles. The minimum atomic E-state index is -0.134. The van der Waals surface area contributed by atoms with E-state index in [1.54, 1.807) is 0 Å². The highest BCUT2D eigenvalue weighted by Crippen LogP contribution is 2.26. The molecular weight excluding hydrogens is 260 g/mol. The van der Waals surface area contributed by atoms with Gasteiger partial charge in [0.1, 0.15) is 0 Å². The third kappa shape index (κ3) is 3.24. The Morgan fingerprint density at radius 2 is 1.67 bits per heavy atom. The van der Waals surface area contributed by atoms with Crippen molar-refractivity contribution in [2.75, 3.05) is 11.1 Å². The molecule has 1 amide bonds. The first-order chi connectivity index (χ1) is 9.90. The van der Waals surface area contributed by atoms with E-state index in [0.717, 1.165) is 11.1 Å². The second kappa shape index (κ2) is 6.00. The SMILES string of the molecule is Cc1ccc(N)c(NC(=O)c2ccc(C(C)C)cc2)c1C. The summed E-state index contributed by atoms with van der Waals surface area (Å²) in [6.45, 7) is 8.22. The smallest absolute Gasteiger partial charge is 0.255 e. The predicted octanol–water partition coefficient (Wildman–Crippen LogP) is 4.26. The first-order valence-corrected chi connectivity index (χ1v) is 7.17. The number of nitrogens with two attached hydrogens (primary N) is 1. The lowest BCUT2D eigenvalue weighted by molar-refractivity contribution is 0.102. The number of hydrogen-bond donors (Lipinski definition) is 2. The predicted molar refractivity (Wildman–Crippen MR) is 88.8 cm³/mol. The topological polar surface area (TPSA) is 55.1 Å². The molecule has 0 radical (unpaired) electrons. The summed E-state index contributed by atoms with van der Waals surface area (Å²) in [7, 11) is 0. The average Bonchev–Trinajstić information content (AvgIpc) is 2.47. The second-order valence-corrected chi connectivity index (χ2v) is 5.70. The van der Waals surface area contributed by atoms with Gasteiger partial charge in [-0.05, 0) is 54.7 Å². The Morgan fingerprint density at radius 1 is 1.05 bits per heavy atom. The minimum absolute atomic E-state index is 0.134. The Morgan fingerprint density at radius 3 is 2.24 bits per heavy atom. The van der Waals surface area contributed by atoms with Crippen LogP contribution in [0.1, 0.15) is 46.8 Å². The molecule has 2 rings (SSSR count). The lowest BCUT2D eigenvalue weighted by Crippen LogP contribution is -2.14. The quantitative estimate of drug-likeness (QED) is 0.826. The van der Waals surface area contributed by atoms with Crippen molar-refractivity contribution >= 4 is 17.3 Å². The molecule has 3 nitrogen and oxygen atoms in total. The van der Waals surface area contributed by atoms with Crippen LogP contribution in [0.4, 0.5) is 11.4 Å². The van der Waals surface area contributed by atoms with E-state index in [9.17, 15) is 4.79 Å². The number of hydrogen-bond acceptors (Lipinski definition) is 2. The Bertz CT molecular complexity index is 658. The second-order valence-electron chi connectivity index (χ2n) is 5.70. The van der Waals surface area contributed by atoms with Crippen LogP contribution in [0, 0.1) is 13.8 Å². The van der Waals surface area contributed by atoms with E-state index in [1.807, 2.05) is 50.2 Å². The molecule has 0 saturated heterocycles. The highest BCUT2D eigenvalue weighted by atomic mass is 16.1. The van der Waals surface area contributed by atoms with Gasteiger partial charge in [-0.1, -0.05) is 32.0 Å². The van der Waals surface area contributed by atoms with Gasteiger partial charge >= 0.3 is 0 Å². The molecule has 0 saturated carbocycles. The lowest BCUT2D eigenvalue weighted by Gasteiger charge is -2.14.